The molecule has 0 unspecified atom stereocenters. The van der Waals surface area contributed by atoms with Gasteiger partial charge in [-0.2, -0.15) is 0 Å². The first kappa shape index (κ1) is 20.3. The van der Waals surface area contributed by atoms with Crippen LogP contribution in [0.1, 0.15) is 12.0 Å². The lowest BCUT2D eigenvalue weighted by Crippen LogP contribution is -2.38. The molecule has 4 nitrogen and oxygen atoms in total. The second kappa shape index (κ2) is 9.20. The van der Waals surface area contributed by atoms with E-state index in [0.717, 1.165) is 24.1 Å². The Balaban J connectivity index is 1.53. The van der Waals surface area contributed by atoms with Gasteiger partial charge < -0.3 is 9.64 Å². The number of esters is 1. The van der Waals surface area contributed by atoms with E-state index in [1.54, 1.807) is 17.0 Å². The predicted octanol–water partition coefficient (Wildman–Crippen LogP) is 5.26. The van der Waals surface area contributed by atoms with Crippen LogP contribution in [0.2, 0.25) is 15.1 Å². The van der Waals surface area contributed by atoms with Crippen molar-refractivity contribution >= 4 is 64.1 Å². The number of hydrogen-bond donors (Lipinski definition) is 0. The molecule has 27 heavy (non-hydrogen) atoms. The molecule has 1 aliphatic heterocycles. The molecule has 1 aliphatic rings. The molecule has 0 aromatic heterocycles. The Labute approximate surface area is 176 Å². The van der Waals surface area contributed by atoms with E-state index in [1.165, 1.54) is 11.8 Å². The first-order valence-corrected chi connectivity index (χ1v) is 10.4. The van der Waals surface area contributed by atoms with Gasteiger partial charge in [-0.3, -0.25) is 9.59 Å². The van der Waals surface area contributed by atoms with Gasteiger partial charge in [0.1, 0.15) is 0 Å². The largest absolute Gasteiger partial charge is 0.455 e. The molecule has 0 saturated heterocycles. The van der Waals surface area contributed by atoms with Crippen molar-refractivity contribution in [1.82, 2.24) is 0 Å². The molecule has 0 aliphatic carbocycles. The van der Waals surface area contributed by atoms with Crippen LogP contribution in [0, 0.1) is 0 Å². The van der Waals surface area contributed by atoms with Crippen LogP contribution in [0.25, 0.3) is 0 Å². The van der Waals surface area contributed by atoms with Gasteiger partial charge in [-0.15, -0.1) is 11.8 Å². The molecule has 0 bridgehead atoms. The molecule has 0 fully saturated rings. The molecule has 0 radical (unpaired) electrons. The Bertz CT molecular complexity index is 875. The van der Waals surface area contributed by atoms with E-state index in [4.69, 9.17) is 39.5 Å². The number of ether oxygens (including phenoxy) is 1. The number of fused-ring (bicyclic) bond motifs is 1. The number of para-hydroxylation sites is 1. The van der Waals surface area contributed by atoms with Crippen molar-refractivity contribution in [2.75, 3.05) is 23.8 Å². The lowest BCUT2D eigenvalue weighted by Gasteiger charge is -2.29. The van der Waals surface area contributed by atoms with Gasteiger partial charge in [-0.1, -0.05) is 53.0 Å². The third kappa shape index (κ3) is 4.91. The number of nitrogens with zero attached hydrogens (tertiary/aromatic N) is 1. The quantitative estimate of drug-likeness (QED) is 0.358. The zero-order valence-corrected chi connectivity index (χ0v) is 17.3. The highest BCUT2D eigenvalue weighted by molar-refractivity contribution is 8.00. The predicted molar refractivity (Wildman–Crippen MR) is 110 cm³/mol. The van der Waals surface area contributed by atoms with E-state index in [-0.39, 0.29) is 23.3 Å². The summed E-state index contributed by atoms with van der Waals surface area (Å²) in [6, 6.07) is 11.1. The standard InChI is InChI=1S/C19H16Cl3NO3S/c20-13-7-8-15(19(22)18(13)21)27-11-17(25)26-10-16(24)23-9-3-5-12-4-1-2-6-14(12)23/h1-2,4,6-8H,3,5,9-11H2. The maximum atomic E-state index is 12.5. The van der Waals surface area contributed by atoms with Crippen molar-refractivity contribution in [3.8, 4) is 0 Å². The molecule has 142 valence electrons. The van der Waals surface area contributed by atoms with E-state index < -0.39 is 5.97 Å². The number of halogens is 3. The van der Waals surface area contributed by atoms with E-state index in [1.807, 2.05) is 24.3 Å². The number of amides is 1. The molecule has 1 amide bonds. The molecular weight excluding hydrogens is 429 g/mol. The molecule has 8 heteroatoms. The summed E-state index contributed by atoms with van der Waals surface area (Å²) < 4.78 is 5.13. The average molecular weight is 445 g/mol. The van der Waals surface area contributed by atoms with Gasteiger partial charge in [0, 0.05) is 17.1 Å². The molecule has 3 rings (SSSR count). The van der Waals surface area contributed by atoms with Gasteiger partial charge in [0.15, 0.2) is 6.61 Å². The lowest BCUT2D eigenvalue weighted by molar-refractivity contribution is -0.145. The topological polar surface area (TPSA) is 46.6 Å². The van der Waals surface area contributed by atoms with E-state index in [2.05, 4.69) is 0 Å². The summed E-state index contributed by atoms with van der Waals surface area (Å²) in [5.74, 6) is -0.712. The molecule has 1 heterocycles. The summed E-state index contributed by atoms with van der Waals surface area (Å²) in [6.45, 7) is 0.337. The smallest absolute Gasteiger partial charge is 0.316 e. The van der Waals surface area contributed by atoms with Crippen LogP contribution in [0.4, 0.5) is 5.69 Å². The van der Waals surface area contributed by atoms with Crippen molar-refractivity contribution in [3.63, 3.8) is 0 Å². The number of benzene rings is 2. The fraction of sp³-hybridized carbons (Fsp3) is 0.263. The monoisotopic (exact) mass is 443 g/mol. The van der Waals surface area contributed by atoms with Gasteiger partial charge in [-0.05, 0) is 36.6 Å². The number of rotatable bonds is 5. The SMILES string of the molecule is O=C(CSc1ccc(Cl)c(Cl)c1Cl)OCC(=O)N1CCCc2ccccc21. The second-order valence-electron chi connectivity index (χ2n) is 5.90. The van der Waals surface area contributed by atoms with Gasteiger partial charge in [0.25, 0.3) is 5.91 Å². The van der Waals surface area contributed by atoms with Crippen LogP contribution in [0.3, 0.4) is 0 Å². The van der Waals surface area contributed by atoms with Crippen LogP contribution in [0.5, 0.6) is 0 Å². The third-order valence-electron chi connectivity index (χ3n) is 4.11. The number of carbonyl (C=O) groups excluding carboxylic acids is 2. The zero-order chi connectivity index (χ0) is 19.4. The first-order valence-electron chi connectivity index (χ1n) is 8.27. The van der Waals surface area contributed by atoms with Crippen LogP contribution < -0.4 is 4.90 Å². The maximum Gasteiger partial charge on any atom is 0.316 e. The van der Waals surface area contributed by atoms with Crippen LogP contribution in [0.15, 0.2) is 41.3 Å². The van der Waals surface area contributed by atoms with Crippen molar-refractivity contribution < 1.29 is 14.3 Å². The second-order valence-corrected chi connectivity index (χ2v) is 8.08. The Kier molecular flexibility index (Phi) is 6.93. The van der Waals surface area contributed by atoms with Gasteiger partial charge in [0.2, 0.25) is 0 Å². The summed E-state index contributed by atoms with van der Waals surface area (Å²) in [7, 11) is 0. The number of aryl methyl sites for hydroxylation is 1. The summed E-state index contributed by atoms with van der Waals surface area (Å²) in [6.07, 6.45) is 1.84. The molecule has 0 atom stereocenters. The van der Waals surface area contributed by atoms with E-state index in [9.17, 15) is 9.59 Å². The molecule has 0 saturated carbocycles. The van der Waals surface area contributed by atoms with Crippen molar-refractivity contribution in [2.24, 2.45) is 0 Å². The Morgan fingerprint density at radius 3 is 2.67 bits per heavy atom. The van der Waals surface area contributed by atoms with Gasteiger partial charge in [-0.25, -0.2) is 0 Å². The highest BCUT2D eigenvalue weighted by atomic mass is 35.5. The average Bonchev–Trinajstić information content (AvgIpc) is 2.69. The van der Waals surface area contributed by atoms with Crippen molar-refractivity contribution in [3.05, 3.63) is 57.0 Å². The third-order valence-corrected chi connectivity index (χ3v) is 6.55. The molecular formula is C19H16Cl3NO3S. The fourth-order valence-electron chi connectivity index (χ4n) is 2.81. The van der Waals surface area contributed by atoms with Crippen molar-refractivity contribution in [2.45, 2.75) is 17.7 Å². The lowest BCUT2D eigenvalue weighted by atomic mass is 10.0. The van der Waals surface area contributed by atoms with Crippen LogP contribution >= 0.6 is 46.6 Å². The Morgan fingerprint density at radius 2 is 1.85 bits per heavy atom. The highest BCUT2D eigenvalue weighted by Crippen LogP contribution is 2.37. The van der Waals surface area contributed by atoms with Crippen molar-refractivity contribution in [1.29, 1.82) is 0 Å². The normalized spacial score (nSPS) is 13.2. The molecule has 2 aromatic rings. The summed E-state index contributed by atoms with van der Waals surface area (Å²) in [5.41, 5.74) is 2.02. The Hall–Kier alpha value is -1.40. The number of anilines is 1. The van der Waals surface area contributed by atoms with E-state index >= 15 is 0 Å². The Morgan fingerprint density at radius 1 is 1.07 bits per heavy atom. The van der Waals surface area contributed by atoms with Crippen LogP contribution in [-0.4, -0.2) is 30.8 Å². The maximum absolute atomic E-state index is 12.5. The highest BCUT2D eigenvalue weighted by Gasteiger charge is 2.23. The number of thioether (sulfide) groups is 1. The van der Waals surface area contributed by atoms with Gasteiger partial charge >= 0.3 is 5.97 Å². The van der Waals surface area contributed by atoms with Gasteiger partial charge in [0.05, 0.1) is 20.8 Å². The van der Waals surface area contributed by atoms with Crippen LogP contribution in [-0.2, 0) is 20.7 Å². The fourth-order valence-corrected chi connectivity index (χ4v) is 4.32. The molecule has 2 aromatic carbocycles. The minimum atomic E-state index is -0.499. The molecule has 0 N–H and O–H groups in total. The zero-order valence-electron chi connectivity index (χ0n) is 14.2. The first-order chi connectivity index (χ1) is 13.0. The molecule has 0 spiro atoms. The summed E-state index contributed by atoms with van der Waals surface area (Å²) in [5, 5.41) is 0.889. The minimum Gasteiger partial charge on any atom is -0.455 e. The number of hydrogen-bond acceptors (Lipinski definition) is 4. The minimum absolute atomic E-state index is 0.0154. The number of carbonyl (C=O) groups is 2. The summed E-state index contributed by atoms with van der Waals surface area (Å²) >= 11 is 19.2. The summed E-state index contributed by atoms with van der Waals surface area (Å²) in [4.78, 5) is 26.8. The van der Waals surface area contributed by atoms with E-state index in [0.29, 0.717) is 21.5 Å².